The molecular weight excluding hydrogens is 360 g/mol. The first-order valence-electron chi connectivity index (χ1n) is 9.22. The second kappa shape index (κ2) is 9.94. The van der Waals surface area contributed by atoms with Crippen molar-refractivity contribution in [3.63, 3.8) is 0 Å². The molecule has 0 saturated heterocycles. The number of methoxy groups -OCH3 is 1. The van der Waals surface area contributed by atoms with Crippen LogP contribution in [0, 0.1) is 13.8 Å². The molecule has 2 N–H and O–H groups in total. The third kappa shape index (κ3) is 5.60. The Morgan fingerprint density at radius 2 is 1.93 bits per heavy atom. The van der Waals surface area contributed by atoms with Gasteiger partial charge in [-0.1, -0.05) is 12.1 Å². The van der Waals surface area contributed by atoms with Crippen molar-refractivity contribution in [3.8, 4) is 5.75 Å². The lowest BCUT2D eigenvalue weighted by atomic mass is 10.1. The molecule has 0 aliphatic carbocycles. The zero-order valence-corrected chi connectivity index (χ0v) is 17.0. The van der Waals surface area contributed by atoms with Crippen LogP contribution in [-0.4, -0.2) is 43.3 Å². The second-order valence-electron chi connectivity index (χ2n) is 6.75. The Morgan fingerprint density at radius 1 is 1.18 bits per heavy atom. The van der Waals surface area contributed by atoms with E-state index in [4.69, 9.17) is 14.2 Å². The van der Waals surface area contributed by atoms with Crippen LogP contribution in [0.3, 0.4) is 0 Å². The van der Waals surface area contributed by atoms with Crippen molar-refractivity contribution in [2.75, 3.05) is 20.3 Å². The monoisotopic (exact) mass is 388 g/mol. The number of hydrogen-bond donors (Lipinski definition) is 2. The smallest absolute Gasteiger partial charge is 0.340 e. The molecule has 2 rings (SSSR count). The standard InChI is InChI=1S/C21H28N2O5/c1-13(2)28-21(25)18-14(3)19(23-15(18)4)20(24)22-12-16-7-6-8-17(11-16)27-10-9-26-5/h6-8,11,13,23H,9-10,12H2,1-5H3,(H,22,24). The Labute approximate surface area is 165 Å². The number of benzene rings is 1. The van der Waals surface area contributed by atoms with Crippen LogP contribution in [-0.2, 0) is 16.0 Å². The first-order valence-corrected chi connectivity index (χ1v) is 9.22. The number of nitrogens with one attached hydrogen (secondary N) is 2. The van der Waals surface area contributed by atoms with Gasteiger partial charge in [-0.15, -0.1) is 0 Å². The molecule has 152 valence electrons. The first-order chi connectivity index (χ1) is 13.3. The minimum absolute atomic E-state index is 0.225. The van der Waals surface area contributed by atoms with Gasteiger partial charge in [0.1, 0.15) is 18.1 Å². The maximum atomic E-state index is 12.6. The maximum absolute atomic E-state index is 12.6. The number of aromatic nitrogens is 1. The van der Waals surface area contributed by atoms with Crippen LogP contribution in [0.25, 0.3) is 0 Å². The van der Waals surface area contributed by atoms with E-state index in [-0.39, 0.29) is 12.0 Å². The number of hydrogen-bond acceptors (Lipinski definition) is 5. The van der Waals surface area contributed by atoms with Crippen LogP contribution >= 0.6 is 0 Å². The summed E-state index contributed by atoms with van der Waals surface area (Å²) in [6, 6.07) is 7.50. The molecule has 0 spiro atoms. The normalized spacial score (nSPS) is 10.8. The van der Waals surface area contributed by atoms with Gasteiger partial charge >= 0.3 is 5.97 Å². The Kier molecular flexibility index (Phi) is 7.63. The van der Waals surface area contributed by atoms with Gasteiger partial charge in [0.2, 0.25) is 0 Å². The molecule has 28 heavy (non-hydrogen) atoms. The van der Waals surface area contributed by atoms with Gasteiger partial charge in [0, 0.05) is 19.3 Å². The summed E-state index contributed by atoms with van der Waals surface area (Å²) < 4.78 is 15.8. The Balaban J connectivity index is 2.04. The van der Waals surface area contributed by atoms with Gasteiger partial charge in [0.05, 0.1) is 18.3 Å². The fraction of sp³-hybridized carbons (Fsp3) is 0.429. The van der Waals surface area contributed by atoms with Crippen LogP contribution in [0.4, 0.5) is 0 Å². The second-order valence-corrected chi connectivity index (χ2v) is 6.75. The summed E-state index contributed by atoms with van der Waals surface area (Å²) in [6.45, 7) is 8.37. The molecule has 0 radical (unpaired) electrons. The number of amides is 1. The number of esters is 1. The zero-order valence-electron chi connectivity index (χ0n) is 17.0. The molecule has 2 aromatic rings. The van der Waals surface area contributed by atoms with E-state index in [2.05, 4.69) is 10.3 Å². The fourth-order valence-corrected chi connectivity index (χ4v) is 2.82. The molecule has 0 fully saturated rings. The molecule has 1 aromatic heterocycles. The largest absolute Gasteiger partial charge is 0.491 e. The van der Waals surface area contributed by atoms with E-state index < -0.39 is 5.97 Å². The van der Waals surface area contributed by atoms with Gasteiger partial charge in [-0.25, -0.2) is 4.79 Å². The molecule has 0 aliphatic rings. The Hall–Kier alpha value is -2.80. The predicted molar refractivity (Wildman–Crippen MR) is 106 cm³/mol. The van der Waals surface area contributed by atoms with E-state index in [0.29, 0.717) is 42.3 Å². The molecule has 0 unspecified atom stereocenters. The highest BCUT2D eigenvalue weighted by atomic mass is 16.5. The van der Waals surface area contributed by atoms with E-state index in [1.807, 2.05) is 24.3 Å². The van der Waals surface area contributed by atoms with E-state index in [0.717, 1.165) is 11.3 Å². The first kappa shape index (κ1) is 21.5. The molecule has 0 atom stereocenters. The van der Waals surface area contributed by atoms with Gasteiger partial charge in [0.15, 0.2) is 0 Å². The predicted octanol–water partition coefficient (Wildman–Crippen LogP) is 3.15. The molecule has 7 nitrogen and oxygen atoms in total. The van der Waals surface area contributed by atoms with Crippen LogP contribution < -0.4 is 10.1 Å². The van der Waals surface area contributed by atoms with E-state index >= 15 is 0 Å². The molecule has 1 aromatic carbocycles. The molecular formula is C21H28N2O5. The van der Waals surface area contributed by atoms with Crippen molar-refractivity contribution in [2.45, 2.75) is 40.3 Å². The highest BCUT2D eigenvalue weighted by Crippen LogP contribution is 2.20. The Morgan fingerprint density at radius 3 is 2.61 bits per heavy atom. The summed E-state index contributed by atoms with van der Waals surface area (Å²) >= 11 is 0. The van der Waals surface area contributed by atoms with Crippen molar-refractivity contribution in [2.24, 2.45) is 0 Å². The van der Waals surface area contributed by atoms with Crippen molar-refractivity contribution in [1.82, 2.24) is 10.3 Å². The third-order valence-electron chi connectivity index (χ3n) is 4.12. The molecule has 0 bridgehead atoms. The van der Waals surface area contributed by atoms with Crippen molar-refractivity contribution < 1.29 is 23.8 Å². The molecule has 1 heterocycles. The third-order valence-corrected chi connectivity index (χ3v) is 4.12. The Bertz CT molecular complexity index is 826. The summed E-state index contributed by atoms with van der Waals surface area (Å²) in [5.74, 6) is 0.00512. The van der Waals surface area contributed by atoms with Crippen LogP contribution in [0.2, 0.25) is 0 Å². The van der Waals surface area contributed by atoms with Crippen LogP contribution in [0.15, 0.2) is 24.3 Å². The number of H-pyrrole nitrogens is 1. The van der Waals surface area contributed by atoms with Crippen molar-refractivity contribution in [1.29, 1.82) is 0 Å². The van der Waals surface area contributed by atoms with Crippen molar-refractivity contribution in [3.05, 3.63) is 52.3 Å². The summed E-state index contributed by atoms with van der Waals surface area (Å²) in [5, 5.41) is 2.87. The number of carbonyl (C=O) groups is 2. The van der Waals surface area contributed by atoms with Crippen LogP contribution in [0.5, 0.6) is 5.75 Å². The lowest BCUT2D eigenvalue weighted by Gasteiger charge is -2.09. The number of ether oxygens (including phenoxy) is 3. The maximum Gasteiger partial charge on any atom is 0.340 e. The van der Waals surface area contributed by atoms with E-state index in [1.165, 1.54) is 0 Å². The minimum atomic E-state index is -0.429. The molecule has 1 amide bonds. The fourth-order valence-electron chi connectivity index (χ4n) is 2.82. The van der Waals surface area contributed by atoms with Gasteiger partial charge in [0.25, 0.3) is 5.91 Å². The number of carbonyl (C=O) groups excluding carboxylic acids is 2. The van der Waals surface area contributed by atoms with Gasteiger partial charge in [-0.05, 0) is 51.0 Å². The lowest BCUT2D eigenvalue weighted by Crippen LogP contribution is -2.24. The zero-order chi connectivity index (χ0) is 20.7. The average Bonchev–Trinajstić information content (AvgIpc) is 2.94. The van der Waals surface area contributed by atoms with E-state index in [1.54, 1.807) is 34.8 Å². The van der Waals surface area contributed by atoms with Gasteiger partial charge in [-0.2, -0.15) is 0 Å². The average molecular weight is 388 g/mol. The summed E-state index contributed by atoms with van der Waals surface area (Å²) in [6.07, 6.45) is -0.225. The topological polar surface area (TPSA) is 89.7 Å². The van der Waals surface area contributed by atoms with Gasteiger partial charge in [-0.3, -0.25) is 4.79 Å². The SMILES string of the molecule is COCCOc1cccc(CNC(=O)c2[nH]c(C)c(C(=O)OC(C)C)c2C)c1. The molecule has 0 aliphatic heterocycles. The summed E-state index contributed by atoms with van der Waals surface area (Å²) in [7, 11) is 1.62. The summed E-state index contributed by atoms with van der Waals surface area (Å²) in [5.41, 5.74) is 2.87. The van der Waals surface area contributed by atoms with Crippen LogP contribution in [0.1, 0.15) is 51.5 Å². The van der Waals surface area contributed by atoms with Gasteiger partial charge < -0.3 is 24.5 Å². The number of rotatable bonds is 9. The highest BCUT2D eigenvalue weighted by molar-refractivity contribution is 6.00. The highest BCUT2D eigenvalue weighted by Gasteiger charge is 2.23. The lowest BCUT2D eigenvalue weighted by molar-refractivity contribution is 0.0376. The van der Waals surface area contributed by atoms with Crippen molar-refractivity contribution >= 4 is 11.9 Å². The summed E-state index contributed by atoms with van der Waals surface area (Å²) in [4.78, 5) is 27.9. The quantitative estimate of drug-likeness (QED) is 0.509. The number of aromatic amines is 1. The minimum Gasteiger partial charge on any atom is -0.491 e. The van der Waals surface area contributed by atoms with E-state index in [9.17, 15) is 9.59 Å². The molecule has 7 heteroatoms. The molecule has 0 saturated carbocycles. The number of aryl methyl sites for hydroxylation is 1.